The first-order chi connectivity index (χ1) is 12.4. The zero-order valence-electron chi connectivity index (χ0n) is 14.5. The van der Waals surface area contributed by atoms with Crippen molar-refractivity contribution in [1.29, 1.82) is 0 Å². The van der Waals surface area contributed by atoms with Crippen molar-refractivity contribution in [2.45, 2.75) is 31.7 Å². The number of aliphatic carboxylic acids is 1. The molecule has 8 heteroatoms. The lowest BCUT2D eigenvalue weighted by atomic mass is 10.1. The Morgan fingerprint density at radius 1 is 1.31 bits per heavy atom. The Morgan fingerprint density at radius 2 is 2.08 bits per heavy atom. The van der Waals surface area contributed by atoms with Gasteiger partial charge in [-0.1, -0.05) is 0 Å². The molecule has 8 nitrogen and oxygen atoms in total. The highest BCUT2D eigenvalue weighted by molar-refractivity contribution is 5.89. The van der Waals surface area contributed by atoms with Crippen LogP contribution >= 0.6 is 0 Å². The van der Waals surface area contributed by atoms with Gasteiger partial charge in [-0.05, 0) is 43.5 Å². The van der Waals surface area contributed by atoms with Crippen LogP contribution in [0, 0.1) is 0 Å². The van der Waals surface area contributed by atoms with E-state index in [4.69, 9.17) is 14.9 Å². The predicted molar refractivity (Wildman–Crippen MR) is 95.2 cm³/mol. The quantitative estimate of drug-likeness (QED) is 0.448. The van der Waals surface area contributed by atoms with Gasteiger partial charge in [-0.3, -0.25) is 4.79 Å². The molecule has 0 aliphatic rings. The molecule has 0 radical (unpaired) electrons. The number of nitrogens with two attached hydrogens (primary N) is 1. The van der Waals surface area contributed by atoms with Crippen LogP contribution in [0.1, 0.15) is 24.8 Å². The van der Waals surface area contributed by atoms with Gasteiger partial charge < -0.3 is 25.3 Å². The van der Waals surface area contributed by atoms with E-state index in [1.807, 2.05) is 0 Å². The summed E-state index contributed by atoms with van der Waals surface area (Å²) in [6.07, 6.45) is 1.46. The molecule has 2 aromatic rings. The first-order valence-corrected chi connectivity index (χ1v) is 8.27. The van der Waals surface area contributed by atoms with Crippen LogP contribution < -0.4 is 21.4 Å². The molecule has 0 saturated carbocycles. The highest BCUT2D eigenvalue weighted by Crippen LogP contribution is 2.22. The van der Waals surface area contributed by atoms with E-state index in [1.54, 1.807) is 18.2 Å². The number of carbonyl (C=O) groups excluding carboxylic acids is 1. The Hall–Kier alpha value is -2.87. The average molecular weight is 362 g/mol. The third-order valence-electron chi connectivity index (χ3n) is 3.97. The Balaban J connectivity index is 2.17. The standard InChI is InChI=1S/C18H22N2O6/c1-25-12-5-6-13-11(9-17(22)26-15(13)10-12)8-16(21)20-14(18(23)24)4-2-3-7-19/h5-6,9-10,14H,2-4,7-8,19H2,1H3,(H,20,21)(H,23,24). The highest BCUT2D eigenvalue weighted by atomic mass is 16.5. The number of hydrogen-bond donors (Lipinski definition) is 3. The Kier molecular flexibility index (Phi) is 6.74. The number of rotatable bonds is 9. The molecule has 1 amide bonds. The number of carboxylic acids is 1. The number of carboxylic acid groups (broad SMARTS) is 1. The molecule has 2 rings (SSSR count). The van der Waals surface area contributed by atoms with Crippen molar-refractivity contribution >= 4 is 22.8 Å². The van der Waals surface area contributed by atoms with Crippen molar-refractivity contribution in [2.75, 3.05) is 13.7 Å². The average Bonchev–Trinajstić information content (AvgIpc) is 2.60. The van der Waals surface area contributed by atoms with E-state index < -0.39 is 23.5 Å². The fraction of sp³-hybridized carbons (Fsp3) is 0.389. The third kappa shape index (κ3) is 5.06. The number of carbonyl (C=O) groups is 2. The SMILES string of the molecule is COc1ccc2c(CC(=O)NC(CCCCN)C(=O)O)cc(=O)oc2c1. The molecule has 1 aromatic carbocycles. The summed E-state index contributed by atoms with van der Waals surface area (Å²) >= 11 is 0. The molecule has 0 aliphatic heterocycles. The van der Waals surface area contributed by atoms with Crippen LogP contribution in [0.15, 0.2) is 33.5 Å². The molecule has 1 unspecified atom stereocenters. The molecular weight excluding hydrogens is 340 g/mol. The van der Waals surface area contributed by atoms with Crippen molar-refractivity contribution in [2.24, 2.45) is 5.73 Å². The zero-order chi connectivity index (χ0) is 19.1. The largest absolute Gasteiger partial charge is 0.497 e. The molecule has 0 fully saturated rings. The van der Waals surface area contributed by atoms with E-state index in [0.29, 0.717) is 48.1 Å². The topological polar surface area (TPSA) is 132 Å². The lowest BCUT2D eigenvalue weighted by Gasteiger charge is -2.14. The summed E-state index contributed by atoms with van der Waals surface area (Å²) in [5.41, 5.74) is 5.57. The molecule has 0 saturated heterocycles. The van der Waals surface area contributed by atoms with E-state index in [9.17, 15) is 19.5 Å². The number of methoxy groups -OCH3 is 1. The predicted octanol–water partition coefficient (Wildman–Crippen LogP) is 1.04. The Morgan fingerprint density at radius 3 is 2.73 bits per heavy atom. The first kappa shape index (κ1) is 19.5. The monoisotopic (exact) mass is 362 g/mol. The Labute approximate surface area is 149 Å². The Bertz CT molecular complexity index is 845. The first-order valence-electron chi connectivity index (χ1n) is 8.27. The molecule has 0 aliphatic carbocycles. The van der Waals surface area contributed by atoms with Crippen LogP contribution in [0.25, 0.3) is 11.0 Å². The van der Waals surface area contributed by atoms with Gasteiger partial charge in [0.2, 0.25) is 5.91 Å². The molecule has 1 heterocycles. The van der Waals surface area contributed by atoms with Crippen molar-refractivity contribution in [1.82, 2.24) is 5.32 Å². The van der Waals surface area contributed by atoms with Crippen molar-refractivity contribution in [3.63, 3.8) is 0 Å². The van der Waals surface area contributed by atoms with E-state index in [1.165, 1.54) is 13.2 Å². The number of hydrogen-bond acceptors (Lipinski definition) is 6. The smallest absolute Gasteiger partial charge is 0.336 e. The lowest BCUT2D eigenvalue weighted by Crippen LogP contribution is -2.41. The lowest BCUT2D eigenvalue weighted by molar-refractivity contribution is -0.142. The van der Waals surface area contributed by atoms with Crippen LogP contribution in [0.2, 0.25) is 0 Å². The van der Waals surface area contributed by atoms with Gasteiger partial charge in [-0.15, -0.1) is 0 Å². The van der Waals surface area contributed by atoms with Crippen LogP contribution in [-0.2, 0) is 16.0 Å². The number of ether oxygens (including phenoxy) is 1. The second kappa shape index (κ2) is 9.00. The number of benzene rings is 1. The molecule has 140 valence electrons. The minimum absolute atomic E-state index is 0.130. The van der Waals surface area contributed by atoms with Crippen molar-refractivity contribution in [3.05, 3.63) is 40.2 Å². The minimum Gasteiger partial charge on any atom is -0.497 e. The summed E-state index contributed by atoms with van der Waals surface area (Å²) in [7, 11) is 1.49. The van der Waals surface area contributed by atoms with Crippen LogP contribution in [0.5, 0.6) is 5.75 Å². The molecule has 1 aromatic heterocycles. The van der Waals surface area contributed by atoms with Crippen LogP contribution in [0.3, 0.4) is 0 Å². The van der Waals surface area contributed by atoms with E-state index in [-0.39, 0.29) is 6.42 Å². The van der Waals surface area contributed by atoms with Gasteiger partial charge in [0.25, 0.3) is 0 Å². The summed E-state index contributed by atoms with van der Waals surface area (Å²) in [4.78, 5) is 35.3. The summed E-state index contributed by atoms with van der Waals surface area (Å²) in [6, 6.07) is 5.19. The molecule has 0 bridgehead atoms. The fourth-order valence-corrected chi connectivity index (χ4v) is 2.65. The van der Waals surface area contributed by atoms with Crippen LogP contribution in [-0.4, -0.2) is 36.7 Å². The van der Waals surface area contributed by atoms with Gasteiger partial charge in [-0.25, -0.2) is 9.59 Å². The number of unbranched alkanes of at least 4 members (excludes halogenated alkanes) is 1. The molecule has 4 N–H and O–H groups in total. The molecule has 0 spiro atoms. The summed E-state index contributed by atoms with van der Waals surface area (Å²) in [5, 5.41) is 12.3. The third-order valence-corrected chi connectivity index (χ3v) is 3.97. The number of amides is 1. The van der Waals surface area contributed by atoms with E-state index in [0.717, 1.165) is 0 Å². The number of nitrogens with one attached hydrogen (secondary N) is 1. The van der Waals surface area contributed by atoms with Gasteiger partial charge in [0.15, 0.2) is 0 Å². The molecular formula is C18H22N2O6. The van der Waals surface area contributed by atoms with Gasteiger partial charge in [0, 0.05) is 17.5 Å². The second-order valence-corrected chi connectivity index (χ2v) is 5.87. The maximum absolute atomic E-state index is 12.3. The van der Waals surface area contributed by atoms with Crippen LogP contribution in [0.4, 0.5) is 0 Å². The zero-order valence-corrected chi connectivity index (χ0v) is 14.5. The van der Waals surface area contributed by atoms with E-state index in [2.05, 4.69) is 5.32 Å². The normalized spacial score (nSPS) is 11.9. The van der Waals surface area contributed by atoms with Crippen molar-refractivity contribution < 1.29 is 23.8 Å². The molecule has 26 heavy (non-hydrogen) atoms. The van der Waals surface area contributed by atoms with Crippen molar-refractivity contribution in [3.8, 4) is 5.75 Å². The van der Waals surface area contributed by atoms with E-state index >= 15 is 0 Å². The van der Waals surface area contributed by atoms with Gasteiger partial charge >= 0.3 is 11.6 Å². The summed E-state index contributed by atoms with van der Waals surface area (Å²) in [5.74, 6) is -1.06. The summed E-state index contributed by atoms with van der Waals surface area (Å²) < 4.78 is 10.2. The summed E-state index contributed by atoms with van der Waals surface area (Å²) in [6.45, 7) is 0.468. The van der Waals surface area contributed by atoms with Gasteiger partial charge in [-0.2, -0.15) is 0 Å². The number of fused-ring (bicyclic) bond motifs is 1. The fourth-order valence-electron chi connectivity index (χ4n) is 2.65. The highest BCUT2D eigenvalue weighted by Gasteiger charge is 2.20. The minimum atomic E-state index is -1.10. The molecule has 1 atom stereocenters. The van der Waals surface area contributed by atoms with Gasteiger partial charge in [0.05, 0.1) is 13.5 Å². The maximum atomic E-state index is 12.3. The second-order valence-electron chi connectivity index (χ2n) is 5.87. The van der Waals surface area contributed by atoms with Gasteiger partial charge in [0.1, 0.15) is 17.4 Å². The maximum Gasteiger partial charge on any atom is 0.336 e.